The van der Waals surface area contributed by atoms with Gasteiger partial charge in [0.2, 0.25) is 4.96 Å². The maximum Gasteiger partial charge on any atom is 0.300 e. The minimum atomic E-state index is -0.487. The summed E-state index contributed by atoms with van der Waals surface area (Å²) in [5.41, 5.74) is 0.618. The lowest BCUT2D eigenvalue weighted by atomic mass is 10.2. The Morgan fingerprint density at radius 1 is 0.935 bits per heavy atom. The summed E-state index contributed by atoms with van der Waals surface area (Å²) < 4.78 is 7.32. The Kier molecular flexibility index (Phi) is 4.94. The molecule has 31 heavy (non-hydrogen) atoms. The van der Waals surface area contributed by atoms with Crippen LogP contribution in [0.25, 0.3) is 33.6 Å². The highest BCUT2D eigenvalue weighted by atomic mass is 35.5. The quantitative estimate of drug-likeness (QED) is 0.395. The van der Waals surface area contributed by atoms with Crippen LogP contribution in [0.2, 0.25) is 10.0 Å². The van der Waals surface area contributed by atoms with E-state index in [1.807, 2.05) is 6.07 Å². The lowest BCUT2D eigenvalue weighted by Gasteiger charge is -1.99. The third-order valence-electron chi connectivity index (χ3n) is 4.54. The lowest BCUT2D eigenvalue weighted by Crippen LogP contribution is -2.26. The number of furan rings is 1. The van der Waals surface area contributed by atoms with E-state index >= 15 is 0 Å². The van der Waals surface area contributed by atoms with Crippen molar-refractivity contribution in [2.75, 3.05) is 0 Å². The van der Waals surface area contributed by atoms with Crippen molar-refractivity contribution in [3.8, 4) is 22.6 Å². The van der Waals surface area contributed by atoms with Crippen LogP contribution in [0.3, 0.4) is 0 Å². The van der Waals surface area contributed by atoms with Gasteiger partial charge in [0.05, 0.1) is 10.0 Å². The molecule has 3 heterocycles. The third-order valence-corrected chi connectivity index (χ3v) is 6.24. The molecule has 0 aliphatic heterocycles. The van der Waals surface area contributed by atoms with Crippen molar-refractivity contribution >= 4 is 45.6 Å². The van der Waals surface area contributed by atoms with Crippen LogP contribution in [0.5, 0.6) is 0 Å². The van der Waals surface area contributed by atoms with Crippen LogP contribution in [0, 0.1) is 0 Å². The summed E-state index contributed by atoms with van der Waals surface area (Å²) in [6.45, 7) is 0. The summed E-state index contributed by atoms with van der Waals surface area (Å²) >= 11 is 13.1. The predicted octanol–water partition coefficient (Wildman–Crippen LogP) is 4.29. The molecule has 6 nitrogen and oxygen atoms in total. The van der Waals surface area contributed by atoms with Gasteiger partial charge in [-0.2, -0.15) is 14.6 Å². The monoisotopic (exact) mass is 467 g/mol. The largest absolute Gasteiger partial charge is 0.457 e. The fourth-order valence-electron chi connectivity index (χ4n) is 3.05. The van der Waals surface area contributed by atoms with Crippen LogP contribution in [-0.2, 0) is 0 Å². The second-order valence-corrected chi connectivity index (χ2v) is 8.40. The first-order chi connectivity index (χ1) is 15.0. The van der Waals surface area contributed by atoms with Crippen molar-refractivity contribution in [2.24, 2.45) is 0 Å². The van der Waals surface area contributed by atoms with Crippen LogP contribution in [0.1, 0.15) is 5.76 Å². The molecule has 2 aromatic carbocycles. The van der Waals surface area contributed by atoms with Crippen LogP contribution in [0.4, 0.5) is 0 Å². The number of halogens is 2. The van der Waals surface area contributed by atoms with E-state index in [-0.39, 0.29) is 16.2 Å². The molecule has 0 bridgehead atoms. The Bertz CT molecular complexity index is 1610. The zero-order valence-corrected chi connectivity index (χ0v) is 17.9. The molecule has 0 aliphatic carbocycles. The molecule has 5 aromatic rings. The molecule has 0 saturated heterocycles. The number of hydrogen-bond donors (Lipinski definition) is 0. The molecule has 9 heteroatoms. The number of nitrogens with zero attached hydrogens (tertiary/aromatic N) is 3. The molecule has 0 atom stereocenters. The average Bonchev–Trinajstić information content (AvgIpc) is 3.35. The number of benzene rings is 2. The van der Waals surface area contributed by atoms with Gasteiger partial charge >= 0.3 is 5.56 Å². The fourth-order valence-corrected chi connectivity index (χ4v) is 4.23. The van der Waals surface area contributed by atoms with E-state index in [9.17, 15) is 9.59 Å². The minimum Gasteiger partial charge on any atom is -0.457 e. The van der Waals surface area contributed by atoms with Gasteiger partial charge in [0.1, 0.15) is 16.1 Å². The van der Waals surface area contributed by atoms with Crippen LogP contribution < -0.4 is 15.7 Å². The Morgan fingerprint density at radius 2 is 1.74 bits per heavy atom. The number of rotatable bonds is 3. The lowest BCUT2D eigenvalue weighted by molar-refractivity contribution is 0.571. The van der Waals surface area contributed by atoms with Gasteiger partial charge in [-0.25, -0.2) is 0 Å². The minimum absolute atomic E-state index is 0.124. The van der Waals surface area contributed by atoms with E-state index in [4.69, 9.17) is 27.6 Å². The zero-order valence-electron chi connectivity index (χ0n) is 15.6. The smallest absolute Gasteiger partial charge is 0.300 e. The van der Waals surface area contributed by atoms with Crippen molar-refractivity contribution in [3.63, 3.8) is 0 Å². The number of thiazole rings is 1. The highest BCUT2D eigenvalue weighted by Gasteiger charge is 2.13. The van der Waals surface area contributed by atoms with Gasteiger partial charge in [-0.1, -0.05) is 64.9 Å². The highest BCUT2D eigenvalue weighted by molar-refractivity contribution is 7.15. The van der Waals surface area contributed by atoms with E-state index in [0.29, 0.717) is 31.7 Å². The summed E-state index contributed by atoms with van der Waals surface area (Å²) in [6.07, 6.45) is 1.59. The van der Waals surface area contributed by atoms with Crippen molar-refractivity contribution in [3.05, 3.63) is 102 Å². The van der Waals surface area contributed by atoms with E-state index in [1.165, 1.54) is 0 Å². The average molecular weight is 468 g/mol. The molecule has 0 radical (unpaired) electrons. The first-order valence-corrected chi connectivity index (χ1v) is 10.6. The van der Waals surface area contributed by atoms with Crippen LogP contribution in [-0.4, -0.2) is 14.6 Å². The first kappa shape index (κ1) is 19.7. The Balaban J connectivity index is 1.59. The number of fused-ring (bicyclic) bond motifs is 1. The Labute approximate surface area is 188 Å². The maximum absolute atomic E-state index is 12.9. The van der Waals surface area contributed by atoms with Gasteiger partial charge in [-0.05, 0) is 30.3 Å². The second kappa shape index (κ2) is 7.77. The summed E-state index contributed by atoms with van der Waals surface area (Å²) in [4.78, 5) is 29.5. The summed E-state index contributed by atoms with van der Waals surface area (Å²) in [5.74, 6) is 1.05. The molecule has 0 fully saturated rings. The van der Waals surface area contributed by atoms with Crippen molar-refractivity contribution in [1.29, 1.82) is 0 Å². The highest BCUT2D eigenvalue weighted by Crippen LogP contribution is 2.29. The molecule has 5 rings (SSSR count). The molecule has 0 unspecified atom stereocenters. The molecule has 0 aliphatic rings. The third kappa shape index (κ3) is 3.67. The standard InChI is InChI=1S/C22H11Cl2N3O3S/c23-15-8-6-13(10-16(15)24)17-9-7-14(30-17)11-18-21(29)27-22(31-18)25-20(28)19(26-27)12-4-2-1-3-5-12/h1-11H. The van der Waals surface area contributed by atoms with Gasteiger partial charge in [0, 0.05) is 17.2 Å². The molecule has 3 aromatic heterocycles. The summed E-state index contributed by atoms with van der Waals surface area (Å²) in [6, 6.07) is 17.6. The van der Waals surface area contributed by atoms with E-state index < -0.39 is 5.56 Å². The Morgan fingerprint density at radius 3 is 2.52 bits per heavy atom. The molecule has 0 spiro atoms. The summed E-state index contributed by atoms with van der Waals surface area (Å²) in [5, 5.41) is 5.11. The predicted molar refractivity (Wildman–Crippen MR) is 122 cm³/mol. The van der Waals surface area contributed by atoms with Gasteiger partial charge in [-0.15, -0.1) is 0 Å². The molecule has 0 amide bonds. The molecule has 152 valence electrons. The van der Waals surface area contributed by atoms with Crippen LogP contribution in [0.15, 0.2) is 74.7 Å². The summed E-state index contributed by atoms with van der Waals surface area (Å²) in [7, 11) is 0. The molecular formula is C22H11Cl2N3O3S. The maximum atomic E-state index is 12.9. The van der Waals surface area contributed by atoms with Gasteiger partial charge in [0.25, 0.3) is 5.56 Å². The molecule has 0 N–H and O–H groups in total. The topological polar surface area (TPSA) is 77.5 Å². The van der Waals surface area contributed by atoms with Gasteiger partial charge < -0.3 is 4.42 Å². The van der Waals surface area contributed by atoms with E-state index in [2.05, 4.69) is 10.1 Å². The number of hydrogen-bond acceptors (Lipinski definition) is 6. The van der Waals surface area contributed by atoms with Gasteiger partial charge in [-0.3, -0.25) is 9.59 Å². The molecule has 0 saturated carbocycles. The second-order valence-electron chi connectivity index (χ2n) is 6.57. The van der Waals surface area contributed by atoms with Crippen LogP contribution >= 0.6 is 34.5 Å². The SMILES string of the molecule is O=c1nc2sc(=Cc3ccc(-c4ccc(Cl)c(Cl)c4)o3)c(=O)n2nc1-c1ccccc1. The first-order valence-electron chi connectivity index (χ1n) is 9.06. The Hall–Kier alpha value is -3.26. The van der Waals surface area contributed by atoms with E-state index in [0.717, 1.165) is 21.4 Å². The van der Waals surface area contributed by atoms with Crippen molar-refractivity contribution in [1.82, 2.24) is 14.6 Å². The zero-order chi connectivity index (χ0) is 21.5. The van der Waals surface area contributed by atoms with Crippen molar-refractivity contribution in [2.45, 2.75) is 0 Å². The molecular weight excluding hydrogens is 457 g/mol. The van der Waals surface area contributed by atoms with E-state index in [1.54, 1.807) is 60.7 Å². The fraction of sp³-hybridized carbons (Fsp3) is 0. The normalized spacial score (nSPS) is 12.0. The number of aromatic nitrogens is 3. The van der Waals surface area contributed by atoms with Crippen molar-refractivity contribution < 1.29 is 4.42 Å². The van der Waals surface area contributed by atoms with Gasteiger partial charge in [0.15, 0.2) is 5.69 Å².